The van der Waals surface area contributed by atoms with E-state index in [1.807, 2.05) is 28.9 Å². The summed E-state index contributed by atoms with van der Waals surface area (Å²) >= 11 is 0. The maximum atomic E-state index is 12.2. The normalized spacial score (nSPS) is 16.6. The van der Waals surface area contributed by atoms with Crippen LogP contribution in [0.3, 0.4) is 0 Å². The zero-order valence-electron chi connectivity index (χ0n) is 16.4. The summed E-state index contributed by atoms with van der Waals surface area (Å²) in [6.07, 6.45) is 1.64. The number of likely N-dealkylation sites (N-methyl/N-ethyl adjacent to an activating group) is 1. The summed E-state index contributed by atoms with van der Waals surface area (Å²) in [4.78, 5) is 39.1. The van der Waals surface area contributed by atoms with Crippen molar-refractivity contribution >= 4 is 28.7 Å². The quantitative estimate of drug-likeness (QED) is 0.592. The van der Waals surface area contributed by atoms with Crippen LogP contribution in [0.15, 0.2) is 30.5 Å². The molecule has 9 heteroatoms. The first-order valence-electron chi connectivity index (χ1n) is 9.66. The molecule has 3 N–H and O–H groups in total. The molecule has 0 bridgehead atoms. The second-order valence-corrected chi connectivity index (χ2v) is 7.13. The zero-order valence-corrected chi connectivity index (χ0v) is 16.4. The van der Waals surface area contributed by atoms with Crippen LogP contribution in [0.5, 0.6) is 0 Å². The molecule has 9 nitrogen and oxygen atoms in total. The van der Waals surface area contributed by atoms with E-state index in [0.29, 0.717) is 50.3 Å². The number of aromatic nitrogens is 1. The van der Waals surface area contributed by atoms with Crippen LogP contribution in [0.25, 0.3) is 10.9 Å². The summed E-state index contributed by atoms with van der Waals surface area (Å²) in [5, 5.41) is 22.7. The lowest BCUT2D eigenvalue weighted by Crippen LogP contribution is -2.51. The number of para-hydroxylation sites is 1. The third-order valence-corrected chi connectivity index (χ3v) is 5.17. The maximum Gasteiger partial charge on any atom is 0.325 e. The lowest BCUT2D eigenvalue weighted by Gasteiger charge is -2.37. The highest BCUT2D eigenvalue weighted by atomic mass is 16.4. The number of carboxylic acids is 2. The van der Waals surface area contributed by atoms with Crippen molar-refractivity contribution in [3.05, 3.63) is 36.0 Å². The number of fused-ring (bicyclic) bond motifs is 1. The predicted molar refractivity (Wildman–Crippen MR) is 107 cm³/mol. The zero-order chi connectivity index (χ0) is 21.0. The molecule has 1 aromatic heterocycles. The Hall–Kier alpha value is -2.91. The molecule has 0 saturated carbocycles. The van der Waals surface area contributed by atoms with Gasteiger partial charge in [-0.2, -0.15) is 0 Å². The molecule has 156 valence electrons. The molecule has 0 aliphatic carbocycles. The van der Waals surface area contributed by atoms with Crippen LogP contribution in [-0.4, -0.2) is 81.7 Å². The Morgan fingerprint density at radius 3 is 2.38 bits per heavy atom. The van der Waals surface area contributed by atoms with Crippen molar-refractivity contribution in [2.45, 2.75) is 19.5 Å². The molecule has 29 heavy (non-hydrogen) atoms. The van der Waals surface area contributed by atoms with Gasteiger partial charge in [0, 0.05) is 55.4 Å². The lowest BCUT2D eigenvalue weighted by atomic mass is 10.0. The number of benzene rings is 1. The van der Waals surface area contributed by atoms with Crippen LogP contribution in [0.1, 0.15) is 18.5 Å². The number of carbonyl (C=O) groups is 3. The Labute approximate surface area is 168 Å². The van der Waals surface area contributed by atoms with E-state index in [1.165, 1.54) is 0 Å². The number of amides is 1. The number of nitrogens with zero attached hydrogens (tertiary/aromatic N) is 3. The molecule has 1 aromatic carbocycles. The molecule has 1 atom stereocenters. The molecule has 3 rings (SSSR count). The van der Waals surface area contributed by atoms with Crippen LogP contribution in [-0.2, 0) is 20.9 Å². The molecule has 1 amide bonds. The fourth-order valence-electron chi connectivity index (χ4n) is 3.89. The third-order valence-electron chi connectivity index (χ3n) is 5.17. The number of nitrogens with one attached hydrogen (secondary N) is 1. The molecule has 1 unspecified atom stereocenters. The molecule has 1 aliphatic heterocycles. The monoisotopic (exact) mass is 402 g/mol. The first kappa shape index (κ1) is 20.8. The number of aliphatic carboxylic acids is 2. The standard InChI is InChI=1S/C20H26N4O5/c1-2-21-17(25)12-22-7-9-23(10-8-22)19(20(28)29)15-11-24(13-18(26)27)16-6-4-3-5-14(15)16/h3-6,11,19H,2,7-10,12-13H2,1H3,(H,21,25)(H,26,27)(H,28,29). The minimum Gasteiger partial charge on any atom is -0.480 e. The van der Waals surface area contributed by atoms with E-state index < -0.39 is 18.0 Å². The van der Waals surface area contributed by atoms with E-state index in [9.17, 15) is 24.6 Å². The Kier molecular flexibility index (Phi) is 6.50. The first-order chi connectivity index (χ1) is 13.9. The maximum absolute atomic E-state index is 12.2. The highest BCUT2D eigenvalue weighted by Crippen LogP contribution is 2.31. The summed E-state index contributed by atoms with van der Waals surface area (Å²) in [5.41, 5.74) is 1.29. The third kappa shape index (κ3) is 4.75. The van der Waals surface area contributed by atoms with Gasteiger partial charge in [-0.1, -0.05) is 18.2 Å². The van der Waals surface area contributed by atoms with Gasteiger partial charge < -0.3 is 20.1 Å². The molecule has 2 heterocycles. The fourth-order valence-corrected chi connectivity index (χ4v) is 3.89. The van der Waals surface area contributed by atoms with Crippen LogP contribution >= 0.6 is 0 Å². The number of carboxylic acid groups (broad SMARTS) is 2. The van der Waals surface area contributed by atoms with Crippen molar-refractivity contribution in [3.63, 3.8) is 0 Å². The molecular weight excluding hydrogens is 376 g/mol. The molecular formula is C20H26N4O5. The summed E-state index contributed by atoms with van der Waals surface area (Å²) in [7, 11) is 0. The van der Waals surface area contributed by atoms with E-state index in [-0.39, 0.29) is 12.5 Å². The van der Waals surface area contributed by atoms with E-state index in [0.717, 1.165) is 5.39 Å². The Bertz CT molecular complexity index is 901. The van der Waals surface area contributed by atoms with Gasteiger partial charge in [0.15, 0.2) is 0 Å². The van der Waals surface area contributed by atoms with Gasteiger partial charge >= 0.3 is 11.9 Å². The summed E-state index contributed by atoms with van der Waals surface area (Å²) in [6, 6.07) is 6.37. The van der Waals surface area contributed by atoms with Crippen molar-refractivity contribution in [2.24, 2.45) is 0 Å². The van der Waals surface area contributed by atoms with Gasteiger partial charge in [0.05, 0.1) is 6.54 Å². The van der Waals surface area contributed by atoms with Gasteiger partial charge in [0.25, 0.3) is 0 Å². The smallest absolute Gasteiger partial charge is 0.325 e. The first-order valence-corrected chi connectivity index (χ1v) is 9.66. The van der Waals surface area contributed by atoms with Crippen LogP contribution in [0, 0.1) is 0 Å². The van der Waals surface area contributed by atoms with E-state index in [4.69, 9.17) is 0 Å². The summed E-state index contributed by atoms with van der Waals surface area (Å²) < 4.78 is 1.58. The second kappa shape index (κ2) is 9.06. The minimum atomic E-state index is -0.983. The number of carbonyl (C=O) groups excluding carboxylic acids is 1. The van der Waals surface area contributed by atoms with Crippen molar-refractivity contribution in [1.29, 1.82) is 0 Å². The Balaban J connectivity index is 1.82. The highest BCUT2D eigenvalue weighted by molar-refractivity contribution is 5.90. The van der Waals surface area contributed by atoms with Crippen LogP contribution < -0.4 is 5.32 Å². The number of piperazine rings is 1. The van der Waals surface area contributed by atoms with E-state index >= 15 is 0 Å². The Morgan fingerprint density at radius 2 is 1.76 bits per heavy atom. The SMILES string of the molecule is CCNC(=O)CN1CCN(C(C(=O)O)c2cn(CC(=O)O)c3ccccc23)CC1. The van der Waals surface area contributed by atoms with Gasteiger partial charge in [-0.25, -0.2) is 0 Å². The topological polar surface area (TPSA) is 115 Å². The number of hydrogen-bond acceptors (Lipinski definition) is 5. The van der Waals surface area contributed by atoms with Crippen molar-refractivity contribution in [2.75, 3.05) is 39.3 Å². The van der Waals surface area contributed by atoms with Gasteiger partial charge in [-0.05, 0) is 13.0 Å². The van der Waals surface area contributed by atoms with Gasteiger partial charge in [-0.15, -0.1) is 0 Å². The van der Waals surface area contributed by atoms with Gasteiger partial charge in [0.2, 0.25) is 5.91 Å². The average molecular weight is 402 g/mol. The van der Waals surface area contributed by atoms with E-state index in [1.54, 1.807) is 22.9 Å². The number of hydrogen-bond donors (Lipinski definition) is 3. The second-order valence-electron chi connectivity index (χ2n) is 7.13. The van der Waals surface area contributed by atoms with Crippen molar-refractivity contribution < 1.29 is 24.6 Å². The molecule has 1 aliphatic rings. The lowest BCUT2D eigenvalue weighted by molar-refractivity contribution is -0.144. The summed E-state index contributed by atoms with van der Waals surface area (Å²) in [6.45, 7) is 4.73. The van der Waals surface area contributed by atoms with Crippen molar-refractivity contribution in [3.8, 4) is 0 Å². The highest BCUT2D eigenvalue weighted by Gasteiger charge is 2.33. The van der Waals surface area contributed by atoms with Crippen molar-refractivity contribution in [1.82, 2.24) is 19.7 Å². The predicted octanol–water partition coefficient (Wildman–Crippen LogP) is 0.605. The van der Waals surface area contributed by atoms with Crippen LogP contribution in [0.2, 0.25) is 0 Å². The fraction of sp³-hybridized carbons (Fsp3) is 0.450. The summed E-state index contributed by atoms with van der Waals surface area (Å²) in [5.74, 6) is -1.99. The van der Waals surface area contributed by atoms with Crippen LogP contribution in [0.4, 0.5) is 0 Å². The number of rotatable bonds is 8. The average Bonchev–Trinajstić information content (AvgIpc) is 3.01. The molecule has 0 spiro atoms. The Morgan fingerprint density at radius 1 is 1.07 bits per heavy atom. The minimum absolute atomic E-state index is 0.0347. The molecule has 1 fully saturated rings. The largest absolute Gasteiger partial charge is 0.480 e. The molecule has 1 saturated heterocycles. The van der Waals surface area contributed by atoms with Gasteiger partial charge in [-0.3, -0.25) is 24.2 Å². The van der Waals surface area contributed by atoms with Gasteiger partial charge in [0.1, 0.15) is 12.6 Å². The molecule has 0 radical (unpaired) electrons. The van der Waals surface area contributed by atoms with E-state index in [2.05, 4.69) is 5.32 Å². The molecule has 2 aromatic rings.